The van der Waals surface area contributed by atoms with Crippen molar-refractivity contribution in [1.29, 1.82) is 0 Å². The molecule has 0 radical (unpaired) electrons. The summed E-state index contributed by atoms with van der Waals surface area (Å²) >= 11 is 0. The molecule has 1 aliphatic heterocycles. The fourth-order valence-corrected chi connectivity index (χ4v) is 6.45. The lowest BCUT2D eigenvalue weighted by atomic mass is 9.96. The number of sulfonamides is 1. The van der Waals surface area contributed by atoms with Gasteiger partial charge >= 0.3 is 0 Å². The topological polar surface area (TPSA) is 95.6 Å². The third kappa shape index (κ3) is 5.12. The third-order valence-corrected chi connectivity index (χ3v) is 8.82. The number of rotatable bonds is 6. The highest BCUT2D eigenvalue weighted by Crippen LogP contribution is 2.31. The van der Waals surface area contributed by atoms with Crippen molar-refractivity contribution in [1.82, 2.24) is 14.9 Å². The maximum Gasteiger partial charge on any atom is 0.246 e. The molecule has 2 aromatic carbocycles. The molecule has 1 fully saturated rings. The van der Waals surface area contributed by atoms with Crippen LogP contribution in [0.15, 0.2) is 41.3 Å². The maximum absolute atomic E-state index is 13.5. The van der Waals surface area contributed by atoms with Crippen LogP contribution in [0.4, 0.5) is 0 Å². The number of hydrogen-bond donors (Lipinski definition) is 2. The Morgan fingerprint density at radius 3 is 2.03 bits per heavy atom. The summed E-state index contributed by atoms with van der Waals surface area (Å²) in [6.07, 6.45) is 0.812. The van der Waals surface area contributed by atoms with E-state index in [-0.39, 0.29) is 30.8 Å². The summed E-state index contributed by atoms with van der Waals surface area (Å²) in [4.78, 5) is 25.7. The Bertz CT molecular complexity index is 1110. The van der Waals surface area contributed by atoms with Crippen molar-refractivity contribution in [2.75, 3.05) is 20.1 Å². The minimum atomic E-state index is -3.66. The van der Waals surface area contributed by atoms with Crippen molar-refractivity contribution >= 4 is 21.8 Å². The smallest absolute Gasteiger partial charge is 0.246 e. The molecule has 33 heavy (non-hydrogen) atoms. The minimum absolute atomic E-state index is 0.233. The molecule has 1 saturated heterocycles. The van der Waals surface area contributed by atoms with E-state index in [0.717, 1.165) is 22.3 Å². The molecular weight excluding hydrogens is 438 g/mol. The summed E-state index contributed by atoms with van der Waals surface area (Å²) in [5.74, 6) is -0.882. The average Bonchev–Trinajstić information content (AvgIpc) is 2.81. The number of carbonyl (C=O) groups excluding carboxylic acids is 2. The summed E-state index contributed by atoms with van der Waals surface area (Å²) in [5, 5.41) is 5.45. The molecule has 2 amide bonds. The molecule has 1 heterocycles. The van der Waals surface area contributed by atoms with Gasteiger partial charge in [0.2, 0.25) is 21.8 Å². The molecule has 178 valence electrons. The van der Waals surface area contributed by atoms with Gasteiger partial charge in [-0.2, -0.15) is 4.31 Å². The largest absolute Gasteiger partial charge is 0.357 e. The molecular formula is C25H33N3O4S. The summed E-state index contributed by atoms with van der Waals surface area (Å²) in [6.45, 7) is 8.07. The fourth-order valence-electron chi connectivity index (χ4n) is 4.41. The van der Waals surface area contributed by atoms with Crippen molar-refractivity contribution in [2.45, 2.75) is 51.5 Å². The first-order valence-electron chi connectivity index (χ1n) is 11.2. The first-order valence-corrected chi connectivity index (χ1v) is 12.7. The molecule has 2 aromatic rings. The molecule has 3 rings (SSSR count). The monoisotopic (exact) mass is 471 g/mol. The zero-order valence-corrected chi connectivity index (χ0v) is 20.8. The number of likely N-dealkylation sites (N-methyl/N-ethyl adjacent to an activating group) is 1. The molecule has 0 spiro atoms. The second kappa shape index (κ2) is 10.1. The highest BCUT2D eigenvalue weighted by atomic mass is 32.2. The lowest BCUT2D eigenvalue weighted by Crippen LogP contribution is -2.46. The second-order valence-corrected chi connectivity index (χ2v) is 10.6. The molecule has 0 saturated carbocycles. The van der Waals surface area contributed by atoms with E-state index in [2.05, 4.69) is 10.6 Å². The molecule has 1 aliphatic rings. The Balaban J connectivity index is 1.73. The zero-order chi connectivity index (χ0) is 24.3. The highest BCUT2D eigenvalue weighted by molar-refractivity contribution is 7.89. The van der Waals surface area contributed by atoms with Gasteiger partial charge in [-0.1, -0.05) is 36.4 Å². The lowest BCUT2D eigenvalue weighted by Gasteiger charge is -2.32. The molecule has 7 nitrogen and oxygen atoms in total. The van der Waals surface area contributed by atoms with Gasteiger partial charge in [-0.25, -0.2) is 8.42 Å². The van der Waals surface area contributed by atoms with Crippen LogP contribution in [0.2, 0.25) is 0 Å². The first kappa shape index (κ1) is 24.9. The predicted octanol–water partition coefficient (Wildman–Crippen LogP) is 2.92. The number of nitrogens with one attached hydrogen (secondary N) is 2. The number of amides is 2. The number of carbonyl (C=O) groups is 2. The van der Waals surface area contributed by atoms with Gasteiger partial charge in [0.25, 0.3) is 0 Å². The number of nitrogens with zero attached hydrogens (tertiary/aromatic N) is 1. The van der Waals surface area contributed by atoms with Crippen LogP contribution in [0.1, 0.15) is 46.7 Å². The maximum atomic E-state index is 13.5. The highest BCUT2D eigenvalue weighted by Gasteiger charge is 2.35. The van der Waals surface area contributed by atoms with Gasteiger partial charge in [-0.15, -0.1) is 0 Å². The Labute approximate surface area is 196 Å². The van der Waals surface area contributed by atoms with E-state index in [1.807, 2.05) is 52.0 Å². The standard InChI is InChI=1S/C25H33N3O4S/c1-16-15-17(2)19(4)23(18(16)3)33(31,32)28-13-11-21(12-14-28)24(29)27-22(25(30)26-5)20-9-7-6-8-10-20/h6-10,15,21-22H,11-14H2,1-5H3,(H,26,30)(H,27,29). The molecule has 8 heteroatoms. The van der Waals surface area contributed by atoms with E-state index >= 15 is 0 Å². The van der Waals surface area contributed by atoms with Crippen LogP contribution in [0.3, 0.4) is 0 Å². The Kier molecular flexibility index (Phi) is 7.59. The quantitative estimate of drug-likeness (QED) is 0.677. The van der Waals surface area contributed by atoms with Crippen LogP contribution in [0, 0.1) is 33.6 Å². The van der Waals surface area contributed by atoms with Crippen LogP contribution in [0.5, 0.6) is 0 Å². The average molecular weight is 472 g/mol. The molecule has 0 bridgehead atoms. The molecule has 1 atom stereocenters. The van der Waals surface area contributed by atoms with Gasteiger partial charge < -0.3 is 10.6 Å². The van der Waals surface area contributed by atoms with E-state index in [4.69, 9.17) is 0 Å². The van der Waals surface area contributed by atoms with E-state index < -0.39 is 16.1 Å². The van der Waals surface area contributed by atoms with Gasteiger partial charge in [0.1, 0.15) is 6.04 Å². The molecule has 1 unspecified atom stereocenters. The van der Waals surface area contributed by atoms with E-state index in [9.17, 15) is 18.0 Å². The summed E-state index contributed by atoms with van der Waals surface area (Å²) in [5.41, 5.74) is 4.15. The minimum Gasteiger partial charge on any atom is -0.357 e. The zero-order valence-electron chi connectivity index (χ0n) is 19.9. The van der Waals surface area contributed by atoms with Crippen molar-refractivity contribution in [2.24, 2.45) is 5.92 Å². The Hall–Kier alpha value is -2.71. The van der Waals surface area contributed by atoms with Crippen molar-refractivity contribution in [3.8, 4) is 0 Å². The van der Waals surface area contributed by atoms with Crippen LogP contribution >= 0.6 is 0 Å². The van der Waals surface area contributed by atoms with Gasteiger partial charge in [0, 0.05) is 26.1 Å². The van der Waals surface area contributed by atoms with Crippen LogP contribution < -0.4 is 10.6 Å². The predicted molar refractivity (Wildman–Crippen MR) is 128 cm³/mol. The van der Waals surface area contributed by atoms with Gasteiger partial charge in [-0.3, -0.25) is 9.59 Å². The fraction of sp³-hybridized carbons (Fsp3) is 0.440. The van der Waals surface area contributed by atoms with E-state index in [1.54, 1.807) is 12.1 Å². The number of piperidine rings is 1. The number of aryl methyl sites for hydroxylation is 2. The SMILES string of the molecule is CNC(=O)C(NC(=O)C1CCN(S(=O)(=O)c2c(C)c(C)cc(C)c2C)CC1)c1ccccc1. The summed E-state index contributed by atoms with van der Waals surface area (Å²) in [7, 11) is -2.13. The van der Waals surface area contributed by atoms with Crippen LogP contribution in [0.25, 0.3) is 0 Å². The second-order valence-electron chi connectivity index (χ2n) is 8.73. The van der Waals surface area contributed by atoms with Crippen molar-refractivity contribution in [3.05, 3.63) is 64.2 Å². The van der Waals surface area contributed by atoms with Crippen molar-refractivity contribution in [3.63, 3.8) is 0 Å². The lowest BCUT2D eigenvalue weighted by molar-refractivity contribution is -0.131. The molecule has 0 aromatic heterocycles. The van der Waals surface area contributed by atoms with E-state index in [1.165, 1.54) is 11.4 Å². The molecule has 0 aliphatic carbocycles. The van der Waals surface area contributed by atoms with Crippen LogP contribution in [-0.4, -0.2) is 44.7 Å². The van der Waals surface area contributed by atoms with Gasteiger partial charge in [0.05, 0.1) is 4.90 Å². The number of benzene rings is 2. The third-order valence-electron chi connectivity index (χ3n) is 6.65. The molecule has 2 N–H and O–H groups in total. The van der Waals surface area contributed by atoms with Crippen molar-refractivity contribution < 1.29 is 18.0 Å². The summed E-state index contributed by atoms with van der Waals surface area (Å²) in [6, 6.07) is 10.3. The first-order chi connectivity index (χ1) is 15.6. The normalized spacial score (nSPS) is 16.3. The summed E-state index contributed by atoms with van der Waals surface area (Å²) < 4.78 is 28.4. The Morgan fingerprint density at radius 1 is 0.970 bits per heavy atom. The Morgan fingerprint density at radius 2 is 1.52 bits per heavy atom. The van der Waals surface area contributed by atoms with Gasteiger partial charge in [0.15, 0.2) is 0 Å². The van der Waals surface area contributed by atoms with E-state index in [0.29, 0.717) is 23.3 Å². The van der Waals surface area contributed by atoms with Gasteiger partial charge in [-0.05, 0) is 68.4 Å². The number of hydrogen-bond acceptors (Lipinski definition) is 4. The van der Waals surface area contributed by atoms with Crippen LogP contribution in [-0.2, 0) is 19.6 Å².